The number of nitrogens with zero attached hydrogens (tertiary/aromatic N) is 1. The van der Waals surface area contributed by atoms with E-state index in [-0.39, 0.29) is 39.2 Å². The van der Waals surface area contributed by atoms with Gasteiger partial charge < -0.3 is 9.64 Å². The molecule has 1 amide bonds. The number of benzene rings is 2. The Hall–Kier alpha value is -2.31. The summed E-state index contributed by atoms with van der Waals surface area (Å²) < 4.78 is 92.6. The van der Waals surface area contributed by atoms with Crippen molar-refractivity contribution in [3.63, 3.8) is 0 Å². The number of hydrogen-bond donors (Lipinski definition) is 0. The summed E-state index contributed by atoms with van der Waals surface area (Å²) in [5.41, 5.74) is 0.716. The molecule has 13 heteroatoms. The van der Waals surface area contributed by atoms with Gasteiger partial charge in [-0.2, -0.15) is 13.2 Å². The van der Waals surface area contributed by atoms with E-state index >= 15 is 0 Å². The van der Waals surface area contributed by atoms with Crippen LogP contribution in [-0.4, -0.2) is 51.9 Å². The fourth-order valence-corrected chi connectivity index (χ4v) is 5.55. The first-order valence-corrected chi connectivity index (χ1v) is 13.9. The molecule has 7 nitrogen and oxygen atoms in total. The Balaban J connectivity index is 2.01. The summed E-state index contributed by atoms with van der Waals surface area (Å²) in [7, 11) is -7.40. The largest absolute Gasteiger partial charge is 0.480 e. The van der Waals surface area contributed by atoms with Crippen molar-refractivity contribution in [2.24, 2.45) is 0 Å². The minimum Gasteiger partial charge on any atom is -0.480 e. The van der Waals surface area contributed by atoms with E-state index in [4.69, 9.17) is 16.3 Å². The number of halogens is 4. The van der Waals surface area contributed by atoms with Crippen molar-refractivity contribution in [2.45, 2.75) is 49.0 Å². The average molecular weight is 540 g/mol. The van der Waals surface area contributed by atoms with Crippen LogP contribution in [0.25, 0.3) is 0 Å². The number of alkyl halides is 3. The molecule has 1 aliphatic rings. The Kier molecular flexibility index (Phi) is 7.00. The molecule has 2 aromatic carbocycles. The first-order chi connectivity index (χ1) is 15.5. The Bertz CT molecular complexity index is 1360. The van der Waals surface area contributed by atoms with Crippen LogP contribution >= 0.6 is 11.6 Å². The molecule has 0 saturated carbocycles. The smallest absolute Gasteiger partial charge is 0.425 e. The van der Waals surface area contributed by atoms with Gasteiger partial charge in [-0.25, -0.2) is 16.8 Å². The molecule has 1 atom stereocenters. The molecule has 186 valence electrons. The van der Waals surface area contributed by atoms with Gasteiger partial charge in [0.05, 0.1) is 26.1 Å². The van der Waals surface area contributed by atoms with Gasteiger partial charge in [-0.05, 0) is 48.4 Å². The number of carbonyl (C=O) groups excluding carboxylic acids is 1. The van der Waals surface area contributed by atoms with E-state index < -0.39 is 43.6 Å². The lowest BCUT2D eigenvalue weighted by Gasteiger charge is -2.22. The molecule has 2 aromatic rings. The summed E-state index contributed by atoms with van der Waals surface area (Å²) in [5.74, 6) is -1.38. The van der Waals surface area contributed by atoms with Gasteiger partial charge in [0.2, 0.25) is 0 Å². The van der Waals surface area contributed by atoms with Gasteiger partial charge in [0, 0.05) is 19.3 Å². The van der Waals surface area contributed by atoms with Crippen LogP contribution in [0.2, 0.25) is 5.02 Å². The summed E-state index contributed by atoms with van der Waals surface area (Å²) in [6, 6.07) is 5.85. The second kappa shape index (κ2) is 9.04. The van der Waals surface area contributed by atoms with Crippen LogP contribution < -0.4 is 4.74 Å². The van der Waals surface area contributed by atoms with Crippen LogP contribution in [0.4, 0.5) is 13.2 Å². The van der Waals surface area contributed by atoms with E-state index in [0.717, 1.165) is 31.4 Å². The molecule has 0 unspecified atom stereocenters. The first kappa shape index (κ1) is 26.3. The number of amides is 1. The molecule has 0 aliphatic carbocycles. The highest BCUT2D eigenvalue weighted by atomic mass is 35.5. The van der Waals surface area contributed by atoms with E-state index in [9.17, 15) is 34.8 Å². The number of fused-ring (bicyclic) bond motifs is 1. The van der Waals surface area contributed by atoms with Crippen molar-refractivity contribution < 1.29 is 39.5 Å². The van der Waals surface area contributed by atoms with Gasteiger partial charge in [0.15, 0.2) is 25.8 Å². The van der Waals surface area contributed by atoms with Crippen molar-refractivity contribution in [1.82, 2.24) is 4.90 Å². The standard InChI is InChI=1S/C21H21ClF3NO6S2/c1-4-34(30,31)19-8-14-11-26(10-13(14)7-17(19)22)20(27)16-9-15(33(3,28)29)5-6-18(16)32-12(2)21(23,24)25/h5-9,12H,4,10-11H2,1-3H3/t12-/m0/s1. The minimum atomic E-state index is -4.71. The SMILES string of the molecule is CCS(=O)(=O)c1cc2c(cc1Cl)CN(C(=O)c1cc(S(C)(=O)=O)ccc1O[C@@H](C)C(F)(F)F)C2. The number of sulfone groups is 2. The van der Waals surface area contributed by atoms with Crippen LogP contribution in [0.15, 0.2) is 40.1 Å². The van der Waals surface area contributed by atoms with E-state index in [1.54, 1.807) is 0 Å². The molecule has 1 heterocycles. The highest BCUT2D eigenvalue weighted by Gasteiger charge is 2.39. The molecular weight excluding hydrogens is 519 g/mol. The van der Waals surface area contributed by atoms with Crippen molar-refractivity contribution >= 4 is 37.2 Å². The summed E-state index contributed by atoms with van der Waals surface area (Å²) in [4.78, 5) is 14.2. The van der Waals surface area contributed by atoms with Crippen LogP contribution in [0.5, 0.6) is 5.75 Å². The fourth-order valence-electron chi connectivity index (χ4n) is 3.37. The minimum absolute atomic E-state index is 0.00228. The van der Waals surface area contributed by atoms with Crippen molar-refractivity contribution in [3.05, 3.63) is 52.0 Å². The van der Waals surface area contributed by atoms with Crippen LogP contribution in [0.3, 0.4) is 0 Å². The van der Waals surface area contributed by atoms with Gasteiger partial charge in [0.25, 0.3) is 5.91 Å². The zero-order chi connectivity index (χ0) is 25.6. The Morgan fingerprint density at radius 3 is 2.24 bits per heavy atom. The third-order valence-electron chi connectivity index (χ3n) is 5.35. The average Bonchev–Trinajstić information content (AvgIpc) is 3.14. The molecule has 0 aromatic heterocycles. The summed E-state index contributed by atoms with van der Waals surface area (Å²) >= 11 is 6.14. The zero-order valence-electron chi connectivity index (χ0n) is 18.3. The molecule has 0 saturated heterocycles. The maximum atomic E-state index is 13.3. The third kappa shape index (κ3) is 5.33. The van der Waals surface area contributed by atoms with E-state index in [0.29, 0.717) is 11.1 Å². The van der Waals surface area contributed by atoms with E-state index in [2.05, 4.69) is 0 Å². The predicted molar refractivity (Wildman–Crippen MR) is 118 cm³/mol. The first-order valence-electron chi connectivity index (χ1n) is 9.95. The maximum absolute atomic E-state index is 13.3. The van der Waals surface area contributed by atoms with E-state index in [1.807, 2.05) is 0 Å². The molecule has 34 heavy (non-hydrogen) atoms. The van der Waals surface area contributed by atoms with Gasteiger partial charge in [-0.15, -0.1) is 0 Å². The predicted octanol–water partition coefficient (Wildman–Crippen LogP) is 4.02. The molecular formula is C21H21ClF3NO6S2. The van der Waals surface area contributed by atoms with Crippen molar-refractivity contribution in [2.75, 3.05) is 12.0 Å². The van der Waals surface area contributed by atoms with Crippen LogP contribution in [0, 0.1) is 0 Å². The molecule has 0 radical (unpaired) electrons. The molecule has 0 spiro atoms. The molecule has 0 fully saturated rings. The number of carbonyl (C=O) groups is 1. The molecule has 3 rings (SSSR count). The molecule has 1 aliphatic heterocycles. The lowest BCUT2D eigenvalue weighted by molar-refractivity contribution is -0.189. The molecule has 0 bridgehead atoms. The molecule has 0 N–H and O–H groups in total. The van der Waals surface area contributed by atoms with E-state index in [1.165, 1.54) is 24.0 Å². The number of rotatable bonds is 6. The third-order valence-corrected chi connectivity index (χ3v) is 8.66. The normalized spacial score (nSPS) is 15.2. The second-order valence-electron chi connectivity index (χ2n) is 7.85. The Morgan fingerprint density at radius 2 is 1.71 bits per heavy atom. The quantitative estimate of drug-likeness (QED) is 0.550. The topological polar surface area (TPSA) is 97.8 Å². The number of ether oxygens (including phenoxy) is 1. The highest BCUT2D eigenvalue weighted by molar-refractivity contribution is 7.91. The van der Waals surface area contributed by atoms with Crippen molar-refractivity contribution in [1.29, 1.82) is 0 Å². The summed E-state index contributed by atoms with van der Waals surface area (Å²) in [5, 5.41) is -0.00278. The van der Waals surface area contributed by atoms with Gasteiger partial charge >= 0.3 is 6.18 Å². The van der Waals surface area contributed by atoms with Gasteiger partial charge in [-0.3, -0.25) is 4.79 Å². The monoisotopic (exact) mass is 539 g/mol. The lowest BCUT2D eigenvalue weighted by atomic mass is 10.1. The zero-order valence-corrected chi connectivity index (χ0v) is 20.7. The lowest BCUT2D eigenvalue weighted by Crippen LogP contribution is -2.32. The maximum Gasteiger partial charge on any atom is 0.425 e. The highest BCUT2D eigenvalue weighted by Crippen LogP contribution is 2.35. The van der Waals surface area contributed by atoms with Crippen molar-refractivity contribution in [3.8, 4) is 5.75 Å². The Morgan fingerprint density at radius 1 is 1.12 bits per heavy atom. The Labute approximate surface area is 200 Å². The summed E-state index contributed by atoms with van der Waals surface area (Å²) in [6.45, 7) is 2.18. The van der Waals surface area contributed by atoms with Gasteiger partial charge in [-0.1, -0.05) is 18.5 Å². The fraction of sp³-hybridized carbons (Fsp3) is 0.381. The number of hydrogen-bond acceptors (Lipinski definition) is 6. The second-order valence-corrected chi connectivity index (χ2v) is 12.5. The summed E-state index contributed by atoms with van der Waals surface area (Å²) in [6.07, 6.45) is -6.06. The van der Waals surface area contributed by atoms with Gasteiger partial charge in [0.1, 0.15) is 5.75 Å². The van der Waals surface area contributed by atoms with Crippen LogP contribution in [0.1, 0.15) is 35.3 Å². The van der Waals surface area contributed by atoms with Crippen LogP contribution in [-0.2, 0) is 32.8 Å².